The standard InChI is InChI=1S/C16H18N2O3S2/c19-16(18-9-5-2-6-10-18)13-11-15(22-12-13)23(20,21)17-14-7-3-1-4-8-14/h1,3-4,7-8,11-12,17H,2,5-6,9-10H2. The second kappa shape index (κ2) is 6.72. The third-order valence-corrected chi connectivity index (χ3v) is 6.58. The summed E-state index contributed by atoms with van der Waals surface area (Å²) in [6, 6.07) is 10.2. The smallest absolute Gasteiger partial charge is 0.271 e. The van der Waals surface area contributed by atoms with Crippen molar-refractivity contribution < 1.29 is 13.2 Å². The maximum absolute atomic E-state index is 12.4. The Morgan fingerprint density at radius 1 is 1.09 bits per heavy atom. The lowest BCUT2D eigenvalue weighted by Crippen LogP contribution is -2.35. The van der Waals surface area contributed by atoms with Gasteiger partial charge in [-0.25, -0.2) is 8.42 Å². The molecule has 3 rings (SSSR count). The molecular formula is C16H18N2O3S2. The Hall–Kier alpha value is -1.86. The molecule has 122 valence electrons. The van der Waals surface area contributed by atoms with Gasteiger partial charge in [-0.3, -0.25) is 9.52 Å². The van der Waals surface area contributed by atoms with E-state index >= 15 is 0 Å². The molecule has 2 heterocycles. The van der Waals surface area contributed by atoms with Gasteiger partial charge in [-0.2, -0.15) is 0 Å². The van der Waals surface area contributed by atoms with Gasteiger partial charge in [0.05, 0.1) is 5.56 Å². The highest BCUT2D eigenvalue weighted by Gasteiger charge is 2.23. The zero-order valence-electron chi connectivity index (χ0n) is 12.6. The minimum absolute atomic E-state index is 0.0814. The number of rotatable bonds is 4. The van der Waals surface area contributed by atoms with Crippen molar-refractivity contribution in [2.24, 2.45) is 0 Å². The molecule has 1 fully saturated rings. The van der Waals surface area contributed by atoms with Crippen LogP contribution >= 0.6 is 11.3 Å². The van der Waals surface area contributed by atoms with Crippen molar-refractivity contribution in [2.75, 3.05) is 17.8 Å². The molecule has 0 bridgehead atoms. The molecule has 1 saturated heterocycles. The van der Waals surface area contributed by atoms with Gasteiger partial charge in [-0.05, 0) is 37.5 Å². The van der Waals surface area contributed by atoms with Crippen molar-refractivity contribution in [3.63, 3.8) is 0 Å². The van der Waals surface area contributed by atoms with Crippen LogP contribution in [0, 0.1) is 0 Å². The van der Waals surface area contributed by atoms with Crippen LogP contribution in [-0.2, 0) is 10.0 Å². The number of thiophene rings is 1. The molecule has 0 unspecified atom stereocenters. The molecule has 0 radical (unpaired) electrons. The molecule has 1 N–H and O–H groups in total. The average Bonchev–Trinajstić information content (AvgIpc) is 3.06. The van der Waals surface area contributed by atoms with Crippen LogP contribution in [0.4, 0.5) is 5.69 Å². The van der Waals surface area contributed by atoms with Gasteiger partial charge in [0.1, 0.15) is 4.21 Å². The fourth-order valence-corrected chi connectivity index (χ4v) is 4.77. The van der Waals surface area contributed by atoms with Gasteiger partial charge in [0.2, 0.25) is 0 Å². The Bertz CT molecular complexity index is 779. The van der Waals surface area contributed by atoms with E-state index in [1.165, 1.54) is 6.07 Å². The van der Waals surface area contributed by atoms with Crippen LogP contribution < -0.4 is 4.72 Å². The number of para-hydroxylation sites is 1. The Morgan fingerprint density at radius 3 is 2.48 bits per heavy atom. The highest BCUT2D eigenvalue weighted by Crippen LogP contribution is 2.24. The minimum Gasteiger partial charge on any atom is -0.339 e. The molecule has 7 heteroatoms. The van der Waals surface area contributed by atoms with Gasteiger partial charge in [-0.15, -0.1) is 11.3 Å². The molecule has 1 aromatic carbocycles. The molecule has 1 aromatic heterocycles. The maximum atomic E-state index is 12.4. The topological polar surface area (TPSA) is 66.5 Å². The predicted molar refractivity (Wildman–Crippen MR) is 91.3 cm³/mol. The lowest BCUT2D eigenvalue weighted by Gasteiger charge is -2.26. The summed E-state index contributed by atoms with van der Waals surface area (Å²) < 4.78 is 27.5. The summed E-state index contributed by atoms with van der Waals surface area (Å²) in [5.74, 6) is -0.0814. The number of nitrogens with one attached hydrogen (secondary N) is 1. The first-order valence-corrected chi connectivity index (χ1v) is 9.88. The van der Waals surface area contributed by atoms with E-state index in [0.29, 0.717) is 11.3 Å². The lowest BCUT2D eigenvalue weighted by atomic mass is 10.1. The van der Waals surface area contributed by atoms with Gasteiger partial charge in [0, 0.05) is 24.2 Å². The van der Waals surface area contributed by atoms with E-state index in [1.807, 2.05) is 6.07 Å². The first-order valence-electron chi connectivity index (χ1n) is 7.52. The summed E-state index contributed by atoms with van der Waals surface area (Å²) in [6.07, 6.45) is 3.17. The number of hydrogen-bond donors (Lipinski definition) is 1. The highest BCUT2D eigenvalue weighted by molar-refractivity contribution is 7.94. The number of anilines is 1. The predicted octanol–water partition coefficient (Wildman–Crippen LogP) is 3.18. The van der Waals surface area contributed by atoms with Gasteiger partial charge < -0.3 is 4.90 Å². The molecule has 23 heavy (non-hydrogen) atoms. The molecule has 1 aliphatic rings. The van der Waals surface area contributed by atoms with Crippen LogP contribution in [0.2, 0.25) is 0 Å². The summed E-state index contributed by atoms with van der Waals surface area (Å²) in [7, 11) is -3.66. The Balaban J connectivity index is 1.76. The summed E-state index contributed by atoms with van der Waals surface area (Å²) in [6.45, 7) is 1.50. The second-order valence-electron chi connectivity index (χ2n) is 5.48. The van der Waals surface area contributed by atoms with Crippen molar-refractivity contribution >= 4 is 33.0 Å². The largest absolute Gasteiger partial charge is 0.339 e. The minimum atomic E-state index is -3.66. The van der Waals surface area contributed by atoms with E-state index in [4.69, 9.17) is 0 Å². The molecule has 5 nitrogen and oxygen atoms in total. The third-order valence-electron chi connectivity index (χ3n) is 3.76. The number of amides is 1. The zero-order valence-corrected chi connectivity index (χ0v) is 14.2. The van der Waals surface area contributed by atoms with E-state index in [-0.39, 0.29) is 10.1 Å². The van der Waals surface area contributed by atoms with Crippen molar-refractivity contribution in [2.45, 2.75) is 23.5 Å². The maximum Gasteiger partial charge on any atom is 0.271 e. The van der Waals surface area contributed by atoms with Crippen LogP contribution in [0.5, 0.6) is 0 Å². The molecule has 0 aliphatic carbocycles. The number of benzene rings is 1. The number of hydrogen-bond acceptors (Lipinski definition) is 4. The summed E-state index contributed by atoms with van der Waals surface area (Å²) in [5.41, 5.74) is 0.954. The van der Waals surface area contributed by atoms with Gasteiger partial charge >= 0.3 is 0 Å². The normalized spacial score (nSPS) is 15.4. The molecule has 0 atom stereocenters. The third kappa shape index (κ3) is 3.73. The van der Waals surface area contributed by atoms with E-state index in [2.05, 4.69) is 4.72 Å². The first-order chi connectivity index (χ1) is 11.1. The number of sulfonamides is 1. The van der Waals surface area contributed by atoms with Crippen molar-refractivity contribution in [3.8, 4) is 0 Å². The van der Waals surface area contributed by atoms with Crippen molar-refractivity contribution in [3.05, 3.63) is 47.3 Å². The van der Waals surface area contributed by atoms with Crippen molar-refractivity contribution in [1.82, 2.24) is 4.90 Å². The molecule has 1 amide bonds. The molecule has 1 aliphatic heterocycles. The van der Waals surface area contributed by atoms with E-state index < -0.39 is 10.0 Å². The molecular weight excluding hydrogens is 332 g/mol. The number of piperidine rings is 1. The average molecular weight is 350 g/mol. The molecule has 0 saturated carbocycles. The number of nitrogens with zero attached hydrogens (tertiary/aromatic N) is 1. The summed E-state index contributed by atoms with van der Waals surface area (Å²) in [4.78, 5) is 14.2. The van der Waals surface area contributed by atoms with E-state index in [0.717, 1.165) is 43.7 Å². The fourth-order valence-electron chi connectivity index (χ4n) is 2.56. The van der Waals surface area contributed by atoms with Crippen LogP contribution in [-0.4, -0.2) is 32.3 Å². The second-order valence-corrected chi connectivity index (χ2v) is 8.30. The van der Waals surface area contributed by atoms with Gasteiger partial charge in [-0.1, -0.05) is 18.2 Å². The quantitative estimate of drug-likeness (QED) is 0.921. The van der Waals surface area contributed by atoms with Gasteiger partial charge in [0.15, 0.2) is 0 Å². The Morgan fingerprint density at radius 2 is 1.78 bits per heavy atom. The first kappa shape index (κ1) is 16.0. The monoisotopic (exact) mass is 350 g/mol. The van der Waals surface area contributed by atoms with Gasteiger partial charge in [0.25, 0.3) is 15.9 Å². The van der Waals surface area contributed by atoms with Crippen LogP contribution in [0.15, 0.2) is 46.0 Å². The van der Waals surface area contributed by atoms with Crippen LogP contribution in [0.3, 0.4) is 0 Å². The zero-order chi connectivity index (χ0) is 16.3. The number of carbonyl (C=O) groups is 1. The fraction of sp³-hybridized carbons (Fsp3) is 0.312. The highest BCUT2D eigenvalue weighted by atomic mass is 32.2. The molecule has 0 spiro atoms. The lowest BCUT2D eigenvalue weighted by molar-refractivity contribution is 0.0725. The Labute approximate surface area is 140 Å². The van der Waals surface area contributed by atoms with E-state index in [9.17, 15) is 13.2 Å². The molecule has 2 aromatic rings. The SMILES string of the molecule is O=C(c1csc(S(=O)(=O)Nc2ccccc2)c1)N1CCCCC1. The van der Waals surface area contributed by atoms with Crippen molar-refractivity contribution in [1.29, 1.82) is 0 Å². The number of carbonyl (C=O) groups excluding carboxylic acids is 1. The Kier molecular flexibility index (Phi) is 4.68. The van der Waals surface area contributed by atoms with Crippen LogP contribution in [0.1, 0.15) is 29.6 Å². The van der Waals surface area contributed by atoms with Crippen LogP contribution in [0.25, 0.3) is 0 Å². The van der Waals surface area contributed by atoms with E-state index in [1.54, 1.807) is 34.5 Å². The summed E-state index contributed by atoms with van der Waals surface area (Å²) in [5, 5.41) is 1.62. The summed E-state index contributed by atoms with van der Waals surface area (Å²) >= 11 is 1.07. The number of likely N-dealkylation sites (tertiary alicyclic amines) is 1.